The van der Waals surface area contributed by atoms with Crippen molar-refractivity contribution < 1.29 is 13.6 Å². The highest BCUT2D eigenvalue weighted by molar-refractivity contribution is 6.03. The van der Waals surface area contributed by atoms with Crippen LogP contribution in [0.5, 0.6) is 0 Å². The Kier molecular flexibility index (Phi) is 3.41. The lowest BCUT2D eigenvalue weighted by atomic mass is 10.2. The number of hydrogen-bond donors (Lipinski definition) is 2. The lowest BCUT2D eigenvalue weighted by Crippen LogP contribution is -2.16. The Morgan fingerprint density at radius 2 is 2.05 bits per heavy atom. The van der Waals surface area contributed by atoms with Gasteiger partial charge in [-0.25, -0.2) is 8.78 Å². The van der Waals surface area contributed by atoms with Crippen LogP contribution in [0.2, 0.25) is 0 Å². The topological polar surface area (TPSA) is 68.0 Å². The fourth-order valence-corrected chi connectivity index (χ4v) is 1.52. The van der Waals surface area contributed by atoms with Crippen molar-refractivity contribution in [2.75, 3.05) is 11.1 Å². The minimum absolute atomic E-state index is 0.0136. The van der Waals surface area contributed by atoms with Gasteiger partial charge in [-0.05, 0) is 30.7 Å². The van der Waals surface area contributed by atoms with Crippen molar-refractivity contribution in [2.45, 2.75) is 6.92 Å². The molecule has 0 unspecified atom stereocenters. The van der Waals surface area contributed by atoms with Crippen LogP contribution in [0, 0.1) is 18.6 Å². The van der Waals surface area contributed by atoms with E-state index in [9.17, 15) is 13.6 Å². The van der Waals surface area contributed by atoms with E-state index in [1.807, 2.05) is 0 Å². The summed E-state index contributed by atoms with van der Waals surface area (Å²) in [6.07, 6.45) is 1.34. The van der Waals surface area contributed by atoms with Crippen molar-refractivity contribution >= 4 is 17.3 Å². The Hall–Kier alpha value is -2.50. The van der Waals surface area contributed by atoms with E-state index < -0.39 is 23.2 Å². The number of nitrogen functional groups attached to an aromatic ring is 1. The Morgan fingerprint density at radius 1 is 1.32 bits per heavy atom. The van der Waals surface area contributed by atoms with Crippen molar-refractivity contribution in [1.82, 2.24) is 4.98 Å². The summed E-state index contributed by atoms with van der Waals surface area (Å²) in [5.74, 6) is -2.38. The van der Waals surface area contributed by atoms with Crippen LogP contribution >= 0.6 is 0 Å². The molecule has 0 atom stereocenters. The molecule has 0 radical (unpaired) electrons. The van der Waals surface area contributed by atoms with E-state index in [0.717, 1.165) is 6.07 Å². The molecule has 0 aliphatic rings. The minimum atomic E-state index is -0.847. The van der Waals surface area contributed by atoms with Gasteiger partial charge in [-0.1, -0.05) is 6.07 Å². The van der Waals surface area contributed by atoms with E-state index in [4.69, 9.17) is 5.73 Å². The molecule has 1 heterocycles. The maximum Gasteiger partial charge on any atom is 0.274 e. The van der Waals surface area contributed by atoms with Crippen molar-refractivity contribution in [3.05, 3.63) is 53.4 Å². The number of pyridine rings is 1. The average molecular weight is 263 g/mol. The van der Waals surface area contributed by atoms with Gasteiger partial charge in [0.15, 0.2) is 5.82 Å². The molecule has 0 saturated carbocycles. The summed E-state index contributed by atoms with van der Waals surface area (Å²) in [6, 6.07) is 5.20. The molecule has 3 N–H and O–H groups in total. The van der Waals surface area contributed by atoms with E-state index in [-0.39, 0.29) is 11.3 Å². The first kappa shape index (κ1) is 12.9. The van der Waals surface area contributed by atoms with Gasteiger partial charge in [-0.15, -0.1) is 0 Å². The Bertz CT molecular complexity index is 644. The van der Waals surface area contributed by atoms with Gasteiger partial charge < -0.3 is 11.1 Å². The van der Waals surface area contributed by atoms with Gasteiger partial charge in [0, 0.05) is 11.9 Å². The molecule has 2 aromatic rings. The third kappa shape index (κ3) is 2.67. The van der Waals surface area contributed by atoms with Gasteiger partial charge in [-0.3, -0.25) is 9.78 Å². The highest BCUT2D eigenvalue weighted by atomic mass is 19.1. The molecule has 4 nitrogen and oxygen atoms in total. The Morgan fingerprint density at radius 3 is 2.74 bits per heavy atom. The third-order valence-corrected chi connectivity index (χ3v) is 2.54. The number of rotatable bonds is 2. The van der Waals surface area contributed by atoms with Crippen LogP contribution in [0.1, 0.15) is 16.1 Å². The second kappa shape index (κ2) is 5.01. The fraction of sp³-hybridized carbons (Fsp3) is 0.0769. The standard InChI is InChI=1S/C13H11F2N3O/c1-7-2-3-9(14)12(11(7)15)18-13(19)10-6-8(16)4-5-17-10/h2-6H,1H3,(H2,16,17)(H,18,19). The lowest BCUT2D eigenvalue weighted by Gasteiger charge is -2.09. The molecule has 6 heteroatoms. The quantitative estimate of drug-likeness (QED) is 0.874. The Labute approximate surface area is 108 Å². The molecule has 0 aliphatic heterocycles. The number of halogens is 2. The molecular weight excluding hydrogens is 252 g/mol. The van der Waals surface area contributed by atoms with Gasteiger partial charge in [0.05, 0.1) is 0 Å². The normalized spacial score (nSPS) is 10.3. The predicted molar refractivity (Wildman–Crippen MR) is 67.7 cm³/mol. The number of amides is 1. The molecule has 1 amide bonds. The molecule has 1 aromatic heterocycles. The summed E-state index contributed by atoms with van der Waals surface area (Å²) in [7, 11) is 0. The van der Waals surface area contributed by atoms with E-state index >= 15 is 0 Å². The van der Waals surface area contributed by atoms with Gasteiger partial charge in [0.2, 0.25) is 0 Å². The van der Waals surface area contributed by atoms with Crippen molar-refractivity contribution in [3.63, 3.8) is 0 Å². The van der Waals surface area contributed by atoms with Crippen LogP contribution in [0.25, 0.3) is 0 Å². The van der Waals surface area contributed by atoms with Gasteiger partial charge in [0.25, 0.3) is 5.91 Å². The number of aryl methyl sites for hydroxylation is 1. The van der Waals surface area contributed by atoms with Crippen LogP contribution in [0.4, 0.5) is 20.2 Å². The SMILES string of the molecule is Cc1ccc(F)c(NC(=O)c2cc(N)ccn2)c1F. The summed E-state index contributed by atoms with van der Waals surface area (Å²) >= 11 is 0. The summed E-state index contributed by atoms with van der Waals surface area (Å²) < 4.78 is 27.2. The zero-order valence-electron chi connectivity index (χ0n) is 10.1. The zero-order chi connectivity index (χ0) is 14.0. The highest BCUT2D eigenvalue weighted by Crippen LogP contribution is 2.22. The molecule has 19 heavy (non-hydrogen) atoms. The maximum absolute atomic E-state index is 13.7. The van der Waals surface area contributed by atoms with Crippen LogP contribution in [-0.2, 0) is 0 Å². The third-order valence-electron chi connectivity index (χ3n) is 2.54. The average Bonchev–Trinajstić information content (AvgIpc) is 2.39. The number of anilines is 2. The molecule has 0 spiro atoms. The van der Waals surface area contributed by atoms with Crippen molar-refractivity contribution in [2.24, 2.45) is 0 Å². The number of nitrogens with one attached hydrogen (secondary N) is 1. The molecular formula is C13H11F2N3O. The zero-order valence-corrected chi connectivity index (χ0v) is 10.1. The summed E-state index contributed by atoms with van der Waals surface area (Å²) in [4.78, 5) is 15.6. The van der Waals surface area contributed by atoms with E-state index in [1.54, 1.807) is 0 Å². The number of nitrogens with two attached hydrogens (primary N) is 1. The summed E-state index contributed by atoms with van der Waals surface area (Å²) in [5.41, 5.74) is 5.57. The van der Waals surface area contributed by atoms with Crippen LogP contribution in [-0.4, -0.2) is 10.9 Å². The molecule has 0 aliphatic carbocycles. The van der Waals surface area contributed by atoms with Crippen LogP contribution < -0.4 is 11.1 Å². The maximum atomic E-state index is 13.7. The smallest absolute Gasteiger partial charge is 0.274 e. The first-order chi connectivity index (χ1) is 8.99. The molecule has 2 rings (SSSR count). The number of benzene rings is 1. The molecule has 98 valence electrons. The summed E-state index contributed by atoms with van der Waals surface area (Å²) in [6.45, 7) is 1.48. The number of nitrogens with zero attached hydrogens (tertiary/aromatic N) is 1. The van der Waals surface area contributed by atoms with Gasteiger partial charge in [-0.2, -0.15) is 0 Å². The monoisotopic (exact) mass is 263 g/mol. The molecule has 0 fully saturated rings. The van der Waals surface area contributed by atoms with Crippen molar-refractivity contribution in [1.29, 1.82) is 0 Å². The second-order valence-corrected chi connectivity index (χ2v) is 3.98. The van der Waals surface area contributed by atoms with Crippen LogP contribution in [0.3, 0.4) is 0 Å². The Balaban J connectivity index is 2.32. The minimum Gasteiger partial charge on any atom is -0.399 e. The van der Waals surface area contributed by atoms with Crippen LogP contribution in [0.15, 0.2) is 30.5 Å². The first-order valence-corrected chi connectivity index (χ1v) is 5.46. The van der Waals surface area contributed by atoms with E-state index in [0.29, 0.717) is 5.69 Å². The highest BCUT2D eigenvalue weighted by Gasteiger charge is 2.16. The fourth-order valence-electron chi connectivity index (χ4n) is 1.52. The molecule has 1 aromatic carbocycles. The van der Waals surface area contributed by atoms with Gasteiger partial charge in [0.1, 0.15) is 17.2 Å². The predicted octanol–water partition coefficient (Wildman–Crippen LogP) is 2.50. The summed E-state index contributed by atoms with van der Waals surface area (Å²) in [5, 5.41) is 2.16. The van der Waals surface area contributed by atoms with E-state index in [2.05, 4.69) is 10.3 Å². The number of carbonyl (C=O) groups excluding carboxylic acids is 1. The lowest BCUT2D eigenvalue weighted by molar-refractivity contribution is 0.102. The number of carbonyl (C=O) groups is 1. The molecule has 0 saturated heterocycles. The number of aromatic nitrogens is 1. The molecule has 0 bridgehead atoms. The van der Waals surface area contributed by atoms with E-state index in [1.165, 1.54) is 31.3 Å². The first-order valence-electron chi connectivity index (χ1n) is 5.46. The number of hydrogen-bond acceptors (Lipinski definition) is 3. The largest absolute Gasteiger partial charge is 0.399 e. The second-order valence-electron chi connectivity index (χ2n) is 3.98. The van der Waals surface area contributed by atoms with Gasteiger partial charge >= 0.3 is 0 Å². The van der Waals surface area contributed by atoms with Crippen molar-refractivity contribution in [3.8, 4) is 0 Å².